The van der Waals surface area contributed by atoms with Crippen molar-refractivity contribution in [3.63, 3.8) is 0 Å². The molecule has 1 rings (SSSR count). The molecule has 0 unspecified atom stereocenters. The molecule has 0 aliphatic carbocycles. The van der Waals surface area contributed by atoms with Crippen LogP contribution in [0.1, 0.15) is 0 Å². The summed E-state index contributed by atoms with van der Waals surface area (Å²) >= 11 is 0. The molecule has 0 aliphatic heterocycles. The van der Waals surface area contributed by atoms with Crippen LogP contribution in [0.5, 0.6) is 17.2 Å². The molecule has 0 bridgehead atoms. The SMILES string of the molecule is COCOc1cc(OCOC)cc(OCOC)c1. The van der Waals surface area contributed by atoms with Crippen LogP contribution in [0.25, 0.3) is 0 Å². The van der Waals surface area contributed by atoms with E-state index < -0.39 is 0 Å². The van der Waals surface area contributed by atoms with Crippen LogP contribution in [0, 0.1) is 0 Å². The maximum atomic E-state index is 5.33. The van der Waals surface area contributed by atoms with E-state index in [-0.39, 0.29) is 20.4 Å². The molecule has 1 aromatic carbocycles. The summed E-state index contributed by atoms with van der Waals surface area (Å²) in [6.07, 6.45) is 0. The van der Waals surface area contributed by atoms with E-state index >= 15 is 0 Å². The molecule has 0 aromatic heterocycles. The summed E-state index contributed by atoms with van der Waals surface area (Å²) in [5.74, 6) is 1.74. The Morgan fingerprint density at radius 2 is 0.889 bits per heavy atom. The van der Waals surface area contributed by atoms with Crippen LogP contribution >= 0.6 is 0 Å². The molecule has 102 valence electrons. The molecular weight excluding hydrogens is 240 g/mol. The van der Waals surface area contributed by atoms with Crippen molar-refractivity contribution >= 4 is 0 Å². The Kier molecular flexibility index (Phi) is 6.93. The van der Waals surface area contributed by atoms with Crippen LogP contribution < -0.4 is 14.2 Å². The molecule has 0 fully saturated rings. The lowest BCUT2D eigenvalue weighted by atomic mass is 10.3. The molecule has 0 atom stereocenters. The van der Waals surface area contributed by atoms with Crippen LogP contribution in [0.2, 0.25) is 0 Å². The van der Waals surface area contributed by atoms with E-state index in [4.69, 9.17) is 28.4 Å². The fraction of sp³-hybridized carbons (Fsp3) is 0.500. The number of hydrogen-bond donors (Lipinski definition) is 0. The summed E-state index contributed by atoms with van der Waals surface area (Å²) in [5, 5.41) is 0. The second kappa shape index (κ2) is 8.57. The molecule has 18 heavy (non-hydrogen) atoms. The minimum absolute atomic E-state index is 0.150. The topological polar surface area (TPSA) is 55.4 Å². The number of ether oxygens (including phenoxy) is 6. The van der Waals surface area contributed by atoms with Crippen LogP contribution in [-0.4, -0.2) is 41.7 Å². The highest BCUT2D eigenvalue weighted by molar-refractivity contribution is 5.42. The highest BCUT2D eigenvalue weighted by atomic mass is 16.7. The Labute approximate surface area is 106 Å². The first kappa shape index (κ1) is 14.6. The van der Waals surface area contributed by atoms with E-state index in [1.807, 2.05) is 0 Å². The van der Waals surface area contributed by atoms with Crippen LogP contribution in [0.4, 0.5) is 0 Å². The summed E-state index contributed by atoms with van der Waals surface area (Å²) in [4.78, 5) is 0. The fourth-order valence-electron chi connectivity index (χ4n) is 1.18. The van der Waals surface area contributed by atoms with Gasteiger partial charge < -0.3 is 28.4 Å². The lowest BCUT2D eigenvalue weighted by Crippen LogP contribution is -2.04. The van der Waals surface area contributed by atoms with Crippen molar-refractivity contribution in [2.75, 3.05) is 41.7 Å². The van der Waals surface area contributed by atoms with E-state index in [9.17, 15) is 0 Å². The Balaban J connectivity index is 2.74. The zero-order valence-electron chi connectivity index (χ0n) is 10.8. The molecule has 1 aromatic rings. The minimum Gasteiger partial charge on any atom is -0.467 e. The number of benzene rings is 1. The van der Waals surface area contributed by atoms with Gasteiger partial charge in [-0.1, -0.05) is 0 Å². The second-order valence-electron chi connectivity index (χ2n) is 3.29. The van der Waals surface area contributed by atoms with Gasteiger partial charge in [0.05, 0.1) is 0 Å². The van der Waals surface area contributed by atoms with Crippen molar-refractivity contribution in [2.24, 2.45) is 0 Å². The van der Waals surface area contributed by atoms with Gasteiger partial charge in [-0.15, -0.1) is 0 Å². The van der Waals surface area contributed by atoms with Crippen LogP contribution in [-0.2, 0) is 14.2 Å². The molecule has 0 saturated heterocycles. The third-order valence-electron chi connectivity index (χ3n) is 1.88. The third kappa shape index (κ3) is 5.22. The molecule has 0 N–H and O–H groups in total. The smallest absolute Gasteiger partial charge is 0.188 e. The average Bonchev–Trinajstić information content (AvgIpc) is 2.40. The van der Waals surface area contributed by atoms with Crippen LogP contribution in [0.15, 0.2) is 18.2 Å². The van der Waals surface area contributed by atoms with Crippen molar-refractivity contribution in [1.29, 1.82) is 0 Å². The summed E-state index contributed by atoms with van der Waals surface area (Å²) in [6.45, 7) is 0.451. The van der Waals surface area contributed by atoms with Crippen molar-refractivity contribution < 1.29 is 28.4 Å². The van der Waals surface area contributed by atoms with Crippen molar-refractivity contribution in [3.05, 3.63) is 18.2 Å². The molecular formula is C12H18O6. The number of rotatable bonds is 9. The summed E-state index contributed by atoms with van der Waals surface area (Å²) in [7, 11) is 4.65. The summed E-state index contributed by atoms with van der Waals surface area (Å²) in [5.41, 5.74) is 0. The zero-order valence-corrected chi connectivity index (χ0v) is 10.8. The van der Waals surface area contributed by atoms with Crippen molar-refractivity contribution in [3.8, 4) is 17.2 Å². The third-order valence-corrected chi connectivity index (χ3v) is 1.88. The predicted molar refractivity (Wildman–Crippen MR) is 64.0 cm³/mol. The van der Waals surface area contributed by atoms with Gasteiger partial charge in [-0.05, 0) is 0 Å². The van der Waals surface area contributed by atoms with E-state index in [1.165, 1.54) is 0 Å². The highest BCUT2D eigenvalue weighted by Gasteiger charge is 2.04. The molecule has 0 heterocycles. The average molecular weight is 258 g/mol. The molecule has 0 aliphatic rings. The number of methoxy groups -OCH3 is 3. The Bertz CT molecular complexity index is 277. The molecule has 0 amide bonds. The molecule has 0 radical (unpaired) electrons. The van der Waals surface area contributed by atoms with Gasteiger partial charge in [0.2, 0.25) is 0 Å². The lowest BCUT2D eigenvalue weighted by molar-refractivity contribution is 0.0410. The van der Waals surface area contributed by atoms with Gasteiger partial charge in [0.25, 0.3) is 0 Å². The highest BCUT2D eigenvalue weighted by Crippen LogP contribution is 2.28. The summed E-state index contributed by atoms with van der Waals surface area (Å²) < 4.78 is 30.5. The van der Waals surface area contributed by atoms with Gasteiger partial charge in [-0.25, -0.2) is 0 Å². The van der Waals surface area contributed by atoms with Gasteiger partial charge >= 0.3 is 0 Å². The quantitative estimate of drug-likeness (QED) is 0.627. The standard InChI is InChI=1S/C12H18O6/c1-13-7-16-10-4-11(17-8-14-2)6-12(5-10)18-9-15-3/h4-6H,7-9H2,1-3H3. The predicted octanol–water partition coefficient (Wildman–Crippen LogP) is 1.63. The van der Waals surface area contributed by atoms with Crippen LogP contribution in [0.3, 0.4) is 0 Å². The first-order valence-corrected chi connectivity index (χ1v) is 5.30. The minimum atomic E-state index is 0.150. The second-order valence-corrected chi connectivity index (χ2v) is 3.29. The Hall–Kier alpha value is -1.50. The molecule has 0 saturated carbocycles. The van der Waals surface area contributed by atoms with Gasteiger partial charge in [-0.3, -0.25) is 0 Å². The van der Waals surface area contributed by atoms with Crippen molar-refractivity contribution in [1.82, 2.24) is 0 Å². The maximum absolute atomic E-state index is 5.33. The number of hydrogen-bond acceptors (Lipinski definition) is 6. The van der Waals surface area contributed by atoms with E-state index in [1.54, 1.807) is 39.5 Å². The maximum Gasteiger partial charge on any atom is 0.188 e. The largest absolute Gasteiger partial charge is 0.467 e. The van der Waals surface area contributed by atoms with E-state index in [2.05, 4.69) is 0 Å². The molecule has 6 nitrogen and oxygen atoms in total. The van der Waals surface area contributed by atoms with E-state index in [0.29, 0.717) is 17.2 Å². The summed E-state index contributed by atoms with van der Waals surface area (Å²) in [6, 6.07) is 5.16. The Morgan fingerprint density at radius 1 is 0.611 bits per heavy atom. The Morgan fingerprint density at radius 3 is 1.11 bits per heavy atom. The lowest BCUT2D eigenvalue weighted by Gasteiger charge is -2.12. The van der Waals surface area contributed by atoms with Gasteiger partial charge in [0.1, 0.15) is 17.2 Å². The zero-order chi connectivity index (χ0) is 13.2. The van der Waals surface area contributed by atoms with Crippen molar-refractivity contribution in [2.45, 2.75) is 0 Å². The van der Waals surface area contributed by atoms with Gasteiger partial charge in [0.15, 0.2) is 20.4 Å². The van der Waals surface area contributed by atoms with E-state index in [0.717, 1.165) is 0 Å². The fourth-order valence-corrected chi connectivity index (χ4v) is 1.18. The van der Waals surface area contributed by atoms with Gasteiger partial charge in [0, 0.05) is 39.5 Å². The monoisotopic (exact) mass is 258 g/mol. The first-order chi connectivity index (χ1) is 8.80. The normalized spacial score (nSPS) is 10.2. The first-order valence-electron chi connectivity index (χ1n) is 5.30. The molecule has 0 spiro atoms. The van der Waals surface area contributed by atoms with Gasteiger partial charge in [-0.2, -0.15) is 0 Å². The molecule has 6 heteroatoms.